The number of aryl methyl sites for hydroxylation is 2. The van der Waals surface area contributed by atoms with Gasteiger partial charge in [-0.05, 0) is 43.2 Å². The highest BCUT2D eigenvalue weighted by Crippen LogP contribution is 2.25. The first kappa shape index (κ1) is 22.0. The lowest BCUT2D eigenvalue weighted by Gasteiger charge is -2.17. The molecule has 0 unspecified atom stereocenters. The Morgan fingerprint density at radius 2 is 1.93 bits per heavy atom. The van der Waals surface area contributed by atoms with Gasteiger partial charge in [0.15, 0.2) is 0 Å². The number of aromatic nitrogens is 3. The average molecular weight is 448 g/mol. The molecule has 0 saturated heterocycles. The number of hydrogen-bond acceptors (Lipinski definition) is 5. The summed E-state index contributed by atoms with van der Waals surface area (Å²) in [5.41, 5.74) is 0.146. The highest BCUT2D eigenvalue weighted by Gasteiger charge is 2.27. The Labute approximate surface area is 182 Å². The van der Waals surface area contributed by atoms with Crippen molar-refractivity contribution in [3.63, 3.8) is 0 Å². The molecule has 0 aliphatic rings. The van der Waals surface area contributed by atoms with Crippen LogP contribution in [0, 0.1) is 5.41 Å². The lowest BCUT2D eigenvalue weighted by molar-refractivity contribution is -0.137. The largest absolute Gasteiger partial charge is 0.480 e. The normalized spacial score (nSPS) is 11.6. The minimum atomic E-state index is -1.11. The number of nitrogens with zero attached hydrogens (tertiary/aromatic N) is 3. The van der Waals surface area contributed by atoms with Crippen LogP contribution >= 0.6 is 22.9 Å². The van der Waals surface area contributed by atoms with Gasteiger partial charge in [-0.25, -0.2) is 4.68 Å². The fourth-order valence-corrected chi connectivity index (χ4v) is 4.05. The first-order valence-corrected chi connectivity index (χ1v) is 10.6. The summed E-state index contributed by atoms with van der Waals surface area (Å²) in [4.78, 5) is 37.8. The summed E-state index contributed by atoms with van der Waals surface area (Å²) in [6, 6.07) is 8.68. The van der Waals surface area contributed by atoms with E-state index in [1.165, 1.54) is 22.2 Å². The van der Waals surface area contributed by atoms with Crippen LogP contribution in [0.5, 0.6) is 0 Å². The molecule has 0 spiro atoms. The molecule has 158 valence electrons. The number of carbonyl (C=O) groups is 2. The maximum absolute atomic E-state index is 13.0. The lowest BCUT2D eigenvalue weighted by atomic mass is 9.95. The van der Waals surface area contributed by atoms with Crippen LogP contribution in [0.25, 0.3) is 11.3 Å². The summed E-state index contributed by atoms with van der Waals surface area (Å²) < 4.78 is 3.17. The molecule has 0 aromatic carbocycles. The maximum Gasteiger partial charge on any atom is 0.323 e. The van der Waals surface area contributed by atoms with Gasteiger partial charge >= 0.3 is 5.97 Å². The van der Waals surface area contributed by atoms with E-state index in [9.17, 15) is 14.4 Å². The standard InChI is InChI=1S/C21H22ClN3O4S/c1-21(2,3)20(29)25-13(6-7-14-8-9-17(22)30-14)11-16(23-25)15-5-4-10-24(19(15)28)12-18(26)27/h4-5,8-11H,6-7,12H2,1-3H3,(H,26,27). The van der Waals surface area contributed by atoms with Crippen LogP contribution in [0.2, 0.25) is 4.34 Å². The third kappa shape index (κ3) is 4.88. The first-order valence-electron chi connectivity index (χ1n) is 9.36. The lowest BCUT2D eigenvalue weighted by Crippen LogP contribution is -2.29. The number of rotatable bonds is 6. The quantitative estimate of drug-likeness (QED) is 0.616. The number of hydrogen-bond donors (Lipinski definition) is 1. The van der Waals surface area contributed by atoms with E-state index in [1.54, 1.807) is 18.2 Å². The topological polar surface area (TPSA) is 94.2 Å². The van der Waals surface area contributed by atoms with E-state index in [2.05, 4.69) is 5.10 Å². The summed E-state index contributed by atoms with van der Waals surface area (Å²) in [5.74, 6) is -1.30. The molecule has 0 fully saturated rings. The summed E-state index contributed by atoms with van der Waals surface area (Å²) in [7, 11) is 0. The Hall–Kier alpha value is -2.71. The van der Waals surface area contributed by atoms with Crippen LogP contribution < -0.4 is 5.56 Å². The molecule has 0 atom stereocenters. The molecular formula is C21H22ClN3O4S. The molecule has 0 saturated carbocycles. The van der Waals surface area contributed by atoms with Gasteiger partial charge in [0, 0.05) is 22.2 Å². The van der Waals surface area contributed by atoms with Crippen molar-refractivity contribution in [2.75, 3.05) is 0 Å². The third-order valence-corrected chi connectivity index (χ3v) is 5.77. The van der Waals surface area contributed by atoms with E-state index < -0.39 is 23.5 Å². The molecule has 3 heterocycles. The van der Waals surface area contributed by atoms with E-state index in [1.807, 2.05) is 32.9 Å². The van der Waals surface area contributed by atoms with Gasteiger partial charge in [-0.2, -0.15) is 5.10 Å². The zero-order chi connectivity index (χ0) is 22.1. The smallest absolute Gasteiger partial charge is 0.323 e. The molecule has 9 heteroatoms. The minimum Gasteiger partial charge on any atom is -0.480 e. The number of carboxylic acids is 1. The van der Waals surface area contributed by atoms with Gasteiger partial charge in [0.2, 0.25) is 0 Å². The predicted octanol–water partition coefficient (Wildman–Crippen LogP) is 3.98. The summed E-state index contributed by atoms with van der Waals surface area (Å²) >= 11 is 7.49. The molecule has 3 rings (SSSR count). The van der Waals surface area contributed by atoms with Crippen LogP contribution in [0.1, 0.15) is 36.1 Å². The second-order valence-corrected chi connectivity index (χ2v) is 9.74. The second kappa shape index (κ2) is 8.57. The van der Waals surface area contributed by atoms with E-state index in [-0.39, 0.29) is 11.5 Å². The van der Waals surface area contributed by atoms with E-state index in [0.29, 0.717) is 28.6 Å². The van der Waals surface area contributed by atoms with Crippen LogP contribution in [0.15, 0.2) is 41.3 Å². The maximum atomic E-state index is 13.0. The summed E-state index contributed by atoms with van der Waals surface area (Å²) in [5, 5.41) is 13.4. The Kier molecular flexibility index (Phi) is 6.28. The van der Waals surface area contributed by atoms with Crippen molar-refractivity contribution < 1.29 is 14.7 Å². The fourth-order valence-electron chi connectivity index (χ4n) is 2.96. The molecular weight excluding hydrogens is 426 g/mol. The molecule has 3 aromatic rings. The van der Waals surface area contributed by atoms with Crippen LogP contribution in [0.4, 0.5) is 0 Å². The Morgan fingerprint density at radius 3 is 2.53 bits per heavy atom. The van der Waals surface area contributed by atoms with Crippen LogP contribution in [0.3, 0.4) is 0 Å². The van der Waals surface area contributed by atoms with Crippen LogP contribution in [-0.4, -0.2) is 31.3 Å². The SMILES string of the molecule is CC(C)(C)C(=O)n1nc(-c2cccn(CC(=O)O)c2=O)cc1CCc1ccc(Cl)s1. The van der Waals surface area contributed by atoms with Crippen LogP contribution in [-0.2, 0) is 24.2 Å². The molecule has 7 nitrogen and oxygen atoms in total. The number of pyridine rings is 1. The molecule has 3 aromatic heterocycles. The van der Waals surface area contributed by atoms with Gasteiger partial charge < -0.3 is 9.67 Å². The molecule has 0 aliphatic heterocycles. The van der Waals surface area contributed by atoms with Gasteiger partial charge in [0.25, 0.3) is 11.5 Å². The number of halogens is 1. The van der Waals surface area contributed by atoms with Crippen molar-refractivity contribution in [1.29, 1.82) is 0 Å². The highest BCUT2D eigenvalue weighted by atomic mass is 35.5. The van der Waals surface area contributed by atoms with Crippen molar-refractivity contribution in [3.05, 3.63) is 61.8 Å². The Bertz CT molecular complexity index is 1150. The van der Waals surface area contributed by atoms with Gasteiger partial charge in [0.05, 0.1) is 15.6 Å². The van der Waals surface area contributed by atoms with Gasteiger partial charge in [-0.1, -0.05) is 32.4 Å². The second-order valence-electron chi connectivity index (χ2n) is 7.94. The zero-order valence-electron chi connectivity index (χ0n) is 16.9. The summed E-state index contributed by atoms with van der Waals surface area (Å²) in [6.07, 6.45) is 2.64. The molecule has 0 amide bonds. The number of thiophene rings is 1. The van der Waals surface area contributed by atoms with Gasteiger partial charge in [0.1, 0.15) is 6.54 Å². The first-order chi connectivity index (χ1) is 14.1. The monoisotopic (exact) mass is 447 g/mol. The van der Waals surface area contributed by atoms with Crippen molar-refractivity contribution in [1.82, 2.24) is 14.3 Å². The molecule has 0 bridgehead atoms. The average Bonchev–Trinajstić information content (AvgIpc) is 3.26. The van der Waals surface area contributed by atoms with E-state index in [4.69, 9.17) is 16.7 Å². The van der Waals surface area contributed by atoms with Crippen molar-refractivity contribution in [2.24, 2.45) is 5.41 Å². The summed E-state index contributed by atoms with van der Waals surface area (Å²) in [6.45, 7) is 4.98. The number of carboxylic acid groups (broad SMARTS) is 1. The van der Waals surface area contributed by atoms with Gasteiger partial charge in [-0.3, -0.25) is 14.4 Å². The minimum absolute atomic E-state index is 0.185. The van der Waals surface area contributed by atoms with E-state index >= 15 is 0 Å². The number of aliphatic carboxylic acids is 1. The Morgan fingerprint density at radius 1 is 1.20 bits per heavy atom. The predicted molar refractivity (Wildman–Crippen MR) is 116 cm³/mol. The van der Waals surface area contributed by atoms with E-state index in [0.717, 1.165) is 9.44 Å². The molecule has 0 radical (unpaired) electrons. The molecule has 0 aliphatic carbocycles. The van der Waals surface area contributed by atoms with Gasteiger partial charge in [-0.15, -0.1) is 11.3 Å². The van der Waals surface area contributed by atoms with Crippen molar-refractivity contribution in [2.45, 2.75) is 40.2 Å². The zero-order valence-corrected chi connectivity index (χ0v) is 18.5. The fraction of sp³-hybridized carbons (Fsp3) is 0.333. The third-order valence-electron chi connectivity index (χ3n) is 4.48. The van der Waals surface area contributed by atoms with Crippen molar-refractivity contribution >= 4 is 34.8 Å². The number of carbonyl (C=O) groups excluding carboxylic acids is 1. The molecule has 30 heavy (non-hydrogen) atoms. The molecule has 1 N–H and O–H groups in total. The highest BCUT2D eigenvalue weighted by molar-refractivity contribution is 7.16. The Balaban J connectivity index is 2.02. The van der Waals surface area contributed by atoms with Crippen molar-refractivity contribution in [3.8, 4) is 11.3 Å².